The lowest BCUT2D eigenvalue weighted by Crippen LogP contribution is -2.30. The zero-order valence-corrected chi connectivity index (χ0v) is 8.70. The summed E-state index contributed by atoms with van der Waals surface area (Å²) in [6.07, 6.45) is 4.62. The Balaban J connectivity index is 1.98. The van der Waals surface area contributed by atoms with Gasteiger partial charge in [-0.15, -0.1) is 0 Å². The van der Waals surface area contributed by atoms with E-state index >= 15 is 0 Å². The SMILES string of the molecule is O=C1CC(C2CCC2)c2ccccc2N1. The molecular formula is C13H15NO. The number of fused-ring (bicyclic) bond motifs is 1. The maximum Gasteiger partial charge on any atom is 0.225 e. The van der Waals surface area contributed by atoms with Gasteiger partial charge in [0.1, 0.15) is 0 Å². The first-order valence-electron chi connectivity index (χ1n) is 5.73. The number of anilines is 1. The van der Waals surface area contributed by atoms with Crippen molar-refractivity contribution in [1.29, 1.82) is 0 Å². The molecule has 0 radical (unpaired) electrons. The van der Waals surface area contributed by atoms with Crippen molar-refractivity contribution in [2.24, 2.45) is 5.92 Å². The molecule has 0 aromatic heterocycles. The number of hydrogen-bond donors (Lipinski definition) is 1. The highest BCUT2D eigenvalue weighted by Crippen LogP contribution is 2.45. The van der Waals surface area contributed by atoms with Gasteiger partial charge in [-0.2, -0.15) is 0 Å². The summed E-state index contributed by atoms with van der Waals surface area (Å²) in [7, 11) is 0. The third-order valence-electron chi connectivity index (χ3n) is 3.76. The Kier molecular flexibility index (Phi) is 2.01. The molecule has 1 amide bonds. The van der Waals surface area contributed by atoms with Crippen molar-refractivity contribution in [3.05, 3.63) is 29.8 Å². The zero-order valence-electron chi connectivity index (χ0n) is 8.70. The van der Waals surface area contributed by atoms with Crippen molar-refractivity contribution >= 4 is 11.6 Å². The summed E-state index contributed by atoms with van der Waals surface area (Å²) in [6, 6.07) is 8.24. The fraction of sp³-hybridized carbons (Fsp3) is 0.462. The predicted molar refractivity (Wildman–Crippen MR) is 59.8 cm³/mol. The molecule has 1 atom stereocenters. The molecule has 1 aliphatic carbocycles. The second-order valence-corrected chi connectivity index (χ2v) is 4.64. The molecule has 1 N–H and O–H groups in total. The van der Waals surface area contributed by atoms with Crippen LogP contribution in [0.2, 0.25) is 0 Å². The molecule has 3 rings (SSSR count). The summed E-state index contributed by atoms with van der Waals surface area (Å²) in [6.45, 7) is 0. The van der Waals surface area contributed by atoms with Gasteiger partial charge >= 0.3 is 0 Å². The number of benzene rings is 1. The second-order valence-electron chi connectivity index (χ2n) is 4.64. The fourth-order valence-corrected chi connectivity index (χ4v) is 2.71. The molecule has 1 unspecified atom stereocenters. The lowest BCUT2D eigenvalue weighted by Gasteiger charge is -2.37. The van der Waals surface area contributed by atoms with Crippen LogP contribution in [0.5, 0.6) is 0 Å². The first kappa shape index (κ1) is 8.96. The molecule has 1 aromatic carbocycles. The van der Waals surface area contributed by atoms with Crippen LogP contribution in [-0.4, -0.2) is 5.91 Å². The molecular weight excluding hydrogens is 186 g/mol. The van der Waals surface area contributed by atoms with E-state index in [1.165, 1.54) is 24.8 Å². The molecule has 0 saturated heterocycles. The Labute approximate surface area is 89.7 Å². The fourth-order valence-electron chi connectivity index (χ4n) is 2.71. The number of carbonyl (C=O) groups excluding carboxylic acids is 1. The van der Waals surface area contributed by atoms with E-state index in [0.717, 1.165) is 11.6 Å². The van der Waals surface area contributed by atoms with Crippen LogP contribution in [0.4, 0.5) is 5.69 Å². The summed E-state index contributed by atoms with van der Waals surface area (Å²) < 4.78 is 0. The van der Waals surface area contributed by atoms with Gasteiger partial charge in [-0.3, -0.25) is 4.79 Å². The Bertz CT molecular complexity index is 395. The zero-order chi connectivity index (χ0) is 10.3. The topological polar surface area (TPSA) is 29.1 Å². The summed E-state index contributed by atoms with van der Waals surface area (Å²) in [5.74, 6) is 1.41. The van der Waals surface area contributed by atoms with Crippen LogP contribution in [0.3, 0.4) is 0 Å². The van der Waals surface area contributed by atoms with Crippen LogP contribution in [-0.2, 0) is 4.79 Å². The molecule has 1 heterocycles. The van der Waals surface area contributed by atoms with Gasteiger partial charge in [0.05, 0.1) is 0 Å². The van der Waals surface area contributed by atoms with Crippen molar-refractivity contribution < 1.29 is 4.79 Å². The highest BCUT2D eigenvalue weighted by molar-refractivity contribution is 5.94. The Morgan fingerprint density at radius 3 is 2.73 bits per heavy atom. The number of rotatable bonds is 1. The lowest BCUT2D eigenvalue weighted by molar-refractivity contribution is -0.117. The van der Waals surface area contributed by atoms with Crippen molar-refractivity contribution in [3.8, 4) is 0 Å². The second kappa shape index (κ2) is 3.37. The predicted octanol–water partition coefficient (Wildman–Crippen LogP) is 2.91. The first-order chi connectivity index (χ1) is 7.34. The normalized spacial score (nSPS) is 25.3. The third kappa shape index (κ3) is 1.44. The molecule has 2 nitrogen and oxygen atoms in total. The van der Waals surface area contributed by atoms with Crippen molar-refractivity contribution in [1.82, 2.24) is 0 Å². The third-order valence-corrected chi connectivity index (χ3v) is 3.76. The number of carbonyl (C=O) groups is 1. The monoisotopic (exact) mass is 201 g/mol. The summed E-state index contributed by atoms with van der Waals surface area (Å²) in [5, 5.41) is 2.95. The summed E-state index contributed by atoms with van der Waals surface area (Å²) in [4.78, 5) is 11.6. The van der Waals surface area contributed by atoms with E-state index in [2.05, 4.69) is 17.4 Å². The molecule has 2 heteroatoms. The van der Waals surface area contributed by atoms with Gasteiger partial charge in [-0.1, -0.05) is 24.6 Å². The highest BCUT2D eigenvalue weighted by Gasteiger charge is 2.34. The van der Waals surface area contributed by atoms with Gasteiger partial charge in [0, 0.05) is 12.1 Å². The van der Waals surface area contributed by atoms with Crippen LogP contribution in [0.15, 0.2) is 24.3 Å². The maximum atomic E-state index is 11.6. The van der Waals surface area contributed by atoms with Gasteiger partial charge in [0.25, 0.3) is 0 Å². The average Bonchev–Trinajstić information content (AvgIpc) is 2.14. The van der Waals surface area contributed by atoms with Gasteiger partial charge in [0.2, 0.25) is 5.91 Å². The van der Waals surface area contributed by atoms with Crippen LogP contribution in [0.1, 0.15) is 37.2 Å². The van der Waals surface area contributed by atoms with E-state index in [1.807, 2.05) is 12.1 Å². The van der Waals surface area contributed by atoms with E-state index in [0.29, 0.717) is 12.3 Å². The standard InChI is InChI=1S/C13H15NO/c15-13-8-11(9-4-3-5-9)10-6-1-2-7-12(10)14-13/h1-2,6-7,9,11H,3-5,8H2,(H,14,15). The minimum Gasteiger partial charge on any atom is -0.326 e. The number of nitrogens with one attached hydrogen (secondary N) is 1. The highest BCUT2D eigenvalue weighted by atomic mass is 16.1. The molecule has 78 valence electrons. The van der Waals surface area contributed by atoms with Gasteiger partial charge in [-0.25, -0.2) is 0 Å². The number of hydrogen-bond acceptors (Lipinski definition) is 1. The quantitative estimate of drug-likeness (QED) is 0.743. The van der Waals surface area contributed by atoms with Gasteiger partial charge in [-0.05, 0) is 36.3 Å². The maximum absolute atomic E-state index is 11.6. The molecule has 0 bridgehead atoms. The van der Waals surface area contributed by atoms with E-state index in [4.69, 9.17) is 0 Å². The van der Waals surface area contributed by atoms with Crippen molar-refractivity contribution in [2.45, 2.75) is 31.6 Å². The van der Waals surface area contributed by atoms with Crippen molar-refractivity contribution in [3.63, 3.8) is 0 Å². The average molecular weight is 201 g/mol. The molecule has 1 aromatic rings. The van der Waals surface area contributed by atoms with Crippen LogP contribution < -0.4 is 5.32 Å². The van der Waals surface area contributed by atoms with E-state index < -0.39 is 0 Å². The first-order valence-corrected chi connectivity index (χ1v) is 5.73. The molecule has 1 fully saturated rings. The molecule has 1 aliphatic heterocycles. The Morgan fingerprint density at radius 2 is 2.00 bits per heavy atom. The molecule has 0 spiro atoms. The molecule has 1 saturated carbocycles. The van der Waals surface area contributed by atoms with E-state index in [-0.39, 0.29) is 5.91 Å². The Morgan fingerprint density at radius 1 is 1.20 bits per heavy atom. The van der Waals surface area contributed by atoms with Crippen LogP contribution in [0, 0.1) is 5.92 Å². The van der Waals surface area contributed by atoms with Crippen molar-refractivity contribution in [2.75, 3.05) is 5.32 Å². The minimum absolute atomic E-state index is 0.186. The van der Waals surface area contributed by atoms with E-state index in [9.17, 15) is 4.79 Å². The summed E-state index contributed by atoms with van der Waals surface area (Å²) >= 11 is 0. The number of para-hydroxylation sites is 1. The smallest absolute Gasteiger partial charge is 0.225 e. The largest absolute Gasteiger partial charge is 0.326 e. The van der Waals surface area contributed by atoms with Crippen LogP contribution in [0.25, 0.3) is 0 Å². The van der Waals surface area contributed by atoms with E-state index in [1.54, 1.807) is 0 Å². The molecule has 2 aliphatic rings. The minimum atomic E-state index is 0.186. The number of amides is 1. The summed E-state index contributed by atoms with van der Waals surface area (Å²) in [5.41, 5.74) is 2.38. The Hall–Kier alpha value is -1.31. The van der Waals surface area contributed by atoms with Gasteiger partial charge in [0.15, 0.2) is 0 Å². The molecule has 15 heavy (non-hydrogen) atoms. The lowest BCUT2D eigenvalue weighted by atomic mass is 9.70. The van der Waals surface area contributed by atoms with Gasteiger partial charge < -0.3 is 5.32 Å². The van der Waals surface area contributed by atoms with Crippen LogP contribution >= 0.6 is 0 Å².